The summed E-state index contributed by atoms with van der Waals surface area (Å²) >= 11 is 0. The van der Waals surface area contributed by atoms with Crippen molar-refractivity contribution in [1.29, 1.82) is 0 Å². The number of aromatic nitrogens is 2. The lowest BCUT2D eigenvalue weighted by molar-refractivity contribution is 0.521. The smallest absolute Gasteiger partial charge is 0.244 e. The fourth-order valence-corrected chi connectivity index (χ4v) is 4.12. The number of aryl methyl sites for hydroxylation is 2. The van der Waals surface area contributed by atoms with Crippen LogP contribution in [0.4, 0.5) is 0 Å². The lowest BCUT2D eigenvalue weighted by atomic mass is 10.1. The first-order valence-electron chi connectivity index (χ1n) is 7.32. The summed E-state index contributed by atoms with van der Waals surface area (Å²) < 4.78 is 29.2. The van der Waals surface area contributed by atoms with Crippen molar-refractivity contribution in [2.24, 2.45) is 7.05 Å². The average Bonchev–Trinajstić information content (AvgIpc) is 2.58. The van der Waals surface area contributed by atoms with Crippen molar-refractivity contribution in [2.45, 2.75) is 70.7 Å². The molecule has 1 aromatic rings. The molecule has 1 heterocycles. The first-order chi connectivity index (χ1) is 9.29. The summed E-state index contributed by atoms with van der Waals surface area (Å²) in [6.07, 6.45) is 5.49. The van der Waals surface area contributed by atoms with Gasteiger partial charge in [-0.15, -0.1) is 0 Å². The lowest BCUT2D eigenvalue weighted by Gasteiger charge is -2.14. The first kappa shape index (κ1) is 17.2. The Morgan fingerprint density at radius 3 is 2.40 bits per heavy atom. The molecule has 1 N–H and O–H groups in total. The lowest BCUT2D eigenvalue weighted by Crippen LogP contribution is -2.33. The molecule has 0 fully saturated rings. The Hall–Kier alpha value is -0.880. The predicted octanol–water partition coefficient (Wildman–Crippen LogP) is 2.67. The van der Waals surface area contributed by atoms with Crippen molar-refractivity contribution in [3.63, 3.8) is 0 Å². The number of rotatable bonds is 8. The quantitative estimate of drug-likeness (QED) is 0.751. The Bertz CT molecular complexity index is 535. The minimum atomic E-state index is -3.48. The summed E-state index contributed by atoms with van der Waals surface area (Å²) in [5.74, 6) is 0. The highest BCUT2D eigenvalue weighted by atomic mass is 32.2. The second-order valence-corrected chi connectivity index (χ2v) is 7.15. The van der Waals surface area contributed by atoms with E-state index < -0.39 is 10.0 Å². The van der Waals surface area contributed by atoms with Crippen molar-refractivity contribution >= 4 is 10.0 Å². The second kappa shape index (κ2) is 7.22. The van der Waals surface area contributed by atoms with Gasteiger partial charge in [0, 0.05) is 13.1 Å². The van der Waals surface area contributed by atoms with Gasteiger partial charge in [-0.25, -0.2) is 13.1 Å². The SMILES string of the molecule is CCCCCCC(C)NS(=O)(=O)c1c(C)nn(C)c1C. The number of unbranched alkanes of at least 4 members (excludes halogenated alkanes) is 3. The highest BCUT2D eigenvalue weighted by Crippen LogP contribution is 2.19. The Morgan fingerprint density at radius 1 is 1.25 bits per heavy atom. The Kier molecular flexibility index (Phi) is 6.20. The largest absolute Gasteiger partial charge is 0.271 e. The van der Waals surface area contributed by atoms with E-state index in [1.54, 1.807) is 25.6 Å². The van der Waals surface area contributed by atoms with E-state index in [-0.39, 0.29) is 6.04 Å². The molecule has 1 atom stereocenters. The van der Waals surface area contributed by atoms with E-state index in [4.69, 9.17) is 0 Å². The minimum Gasteiger partial charge on any atom is -0.271 e. The standard InChI is InChI=1S/C14H27N3O2S/c1-6-7-8-9-10-11(2)16-20(18,19)14-12(3)15-17(5)13(14)4/h11,16H,6-10H2,1-5H3. The van der Waals surface area contributed by atoms with Crippen LogP contribution in [0.2, 0.25) is 0 Å². The predicted molar refractivity (Wildman–Crippen MR) is 81.2 cm³/mol. The highest BCUT2D eigenvalue weighted by molar-refractivity contribution is 7.89. The van der Waals surface area contributed by atoms with Crippen LogP contribution in [0, 0.1) is 13.8 Å². The number of hydrogen-bond donors (Lipinski definition) is 1. The molecule has 0 spiro atoms. The van der Waals surface area contributed by atoms with Crippen LogP contribution in [0.3, 0.4) is 0 Å². The van der Waals surface area contributed by atoms with Gasteiger partial charge in [0.1, 0.15) is 4.90 Å². The van der Waals surface area contributed by atoms with E-state index in [1.165, 1.54) is 12.8 Å². The normalized spacial score (nSPS) is 13.7. The van der Waals surface area contributed by atoms with Crippen molar-refractivity contribution in [3.8, 4) is 0 Å². The van der Waals surface area contributed by atoms with Gasteiger partial charge in [0.25, 0.3) is 0 Å². The number of sulfonamides is 1. The Labute approximate surface area is 122 Å². The number of hydrogen-bond acceptors (Lipinski definition) is 3. The van der Waals surface area contributed by atoms with E-state index in [9.17, 15) is 8.42 Å². The third-order valence-electron chi connectivity index (χ3n) is 3.56. The van der Waals surface area contributed by atoms with Gasteiger partial charge < -0.3 is 0 Å². The van der Waals surface area contributed by atoms with Gasteiger partial charge in [0.05, 0.1) is 11.4 Å². The molecule has 0 aliphatic rings. The third-order valence-corrected chi connectivity index (χ3v) is 5.40. The van der Waals surface area contributed by atoms with Crippen molar-refractivity contribution < 1.29 is 8.42 Å². The molecule has 0 saturated heterocycles. The number of nitrogens with one attached hydrogen (secondary N) is 1. The van der Waals surface area contributed by atoms with Crippen LogP contribution < -0.4 is 4.72 Å². The zero-order valence-corrected chi connectivity index (χ0v) is 14.0. The van der Waals surface area contributed by atoms with Crippen LogP contribution in [0.1, 0.15) is 57.3 Å². The molecule has 5 nitrogen and oxygen atoms in total. The van der Waals surface area contributed by atoms with Crippen molar-refractivity contribution in [2.75, 3.05) is 0 Å². The van der Waals surface area contributed by atoms with Crippen molar-refractivity contribution in [1.82, 2.24) is 14.5 Å². The van der Waals surface area contributed by atoms with Gasteiger partial charge in [0.15, 0.2) is 0 Å². The van der Waals surface area contributed by atoms with E-state index in [0.29, 0.717) is 16.3 Å². The monoisotopic (exact) mass is 301 g/mol. The van der Waals surface area contributed by atoms with Gasteiger partial charge >= 0.3 is 0 Å². The fraction of sp³-hybridized carbons (Fsp3) is 0.786. The molecule has 0 aromatic carbocycles. The van der Waals surface area contributed by atoms with Gasteiger partial charge in [-0.1, -0.05) is 32.6 Å². The molecule has 0 bridgehead atoms. The van der Waals surface area contributed by atoms with Crippen LogP contribution in [-0.4, -0.2) is 24.2 Å². The molecule has 20 heavy (non-hydrogen) atoms. The van der Waals surface area contributed by atoms with Crippen LogP contribution in [0.5, 0.6) is 0 Å². The van der Waals surface area contributed by atoms with E-state index in [1.807, 2.05) is 6.92 Å². The molecule has 0 radical (unpaired) electrons. The molecule has 0 saturated carbocycles. The summed E-state index contributed by atoms with van der Waals surface area (Å²) in [7, 11) is -1.72. The molecular weight excluding hydrogens is 274 g/mol. The van der Waals surface area contributed by atoms with E-state index in [2.05, 4.69) is 16.7 Å². The van der Waals surface area contributed by atoms with Gasteiger partial charge in [-0.05, 0) is 27.2 Å². The van der Waals surface area contributed by atoms with E-state index >= 15 is 0 Å². The second-order valence-electron chi connectivity index (χ2n) is 5.50. The average molecular weight is 301 g/mol. The molecular formula is C14H27N3O2S. The van der Waals surface area contributed by atoms with Crippen LogP contribution in [0.25, 0.3) is 0 Å². The summed E-state index contributed by atoms with van der Waals surface area (Å²) in [5, 5.41) is 4.17. The summed E-state index contributed by atoms with van der Waals surface area (Å²) in [5.41, 5.74) is 1.23. The van der Waals surface area contributed by atoms with Crippen LogP contribution in [-0.2, 0) is 17.1 Å². The molecule has 0 aliphatic heterocycles. The zero-order chi connectivity index (χ0) is 15.3. The molecule has 0 amide bonds. The Morgan fingerprint density at radius 2 is 1.90 bits per heavy atom. The Balaban J connectivity index is 2.70. The summed E-state index contributed by atoms with van der Waals surface area (Å²) in [6.45, 7) is 7.60. The molecule has 1 rings (SSSR count). The topological polar surface area (TPSA) is 64.0 Å². The first-order valence-corrected chi connectivity index (χ1v) is 8.80. The molecule has 6 heteroatoms. The number of nitrogens with zero attached hydrogens (tertiary/aromatic N) is 2. The maximum atomic E-state index is 12.4. The van der Waals surface area contributed by atoms with E-state index in [0.717, 1.165) is 19.3 Å². The highest BCUT2D eigenvalue weighted by Gasteiger charge is 2.25. The molecule has 116 valence electrons. The van der Waals surface area contributed by atoms with Gasteiger partial charge in [-0.3, -0.25) is 4.68 Å². The minimum absolute atomic E-state index is 0.0455. The zero-order valence-electron chi connectivity index (χ0n) is 13.2. The fourth-order valence-electron chi connectivity index (χ4n) is 2.40. The van der Waals surface area contributed by atoms with Gasteiger partial charge in [0.2, 0.25) is 10.0 Å². The van der Waals surface area contributed by atoms with Crippen LogP contribution in [0.15, 0.2) is 4.90 Å². The molecule has 0 aliphatic carbocycles. The maximum absolute atomic E-state index is 12.4. The third kappa shape index (κ3) is 4.31. The van der Waals surface area contributed by atoms with Gasteiger partial charge in [-0.2, -0.15) is 5.10 Å². The molecule has 1 unspecified atom stereocenters. The van der Waals surface area contributed by atoms with Crippen LogP contribution >= 0.6 is 0 Å². The summed E-state index contributed by atoms with van der Waals surface area (Å²) in [4.78, 5) is 0.320. The van der Waals surface area contributed by atoms with Crippen molar-refractivity contribution in [3.05, 3.63) is 11.4 Å². The summed E-state index contributed by atoms with van der Waals surface area (Å²) in [6, 6.07) is -0.0455. The maximum Gasteiger partial charge on any atom is 0.244 e. The molecule has 1 aromatic heterocycles.